The van der Waals surface area contributed by atoms with Crippen LogP contribution >= 0.6 is 8.38 Å². The summed E-state index contributed by atoms with van der Waals surface area (Å²) in [4.78, 5) is 16.6. The van der Waals surface area contributed by atoms with Crippen molar-refractivity contribution in [2.45, 2.75) is 5.78 Å². The molecular formula is C24H27N4O5P. The van der Waals surface area contributed by atoms with Crippen LogP contribution in [0.5, 0.6) is 11.5 Å². The molecule has 178 valence electrons. The number of para-hydroxylation sites is 2. The second-order valence-corrected chi connectivity index (χ2v) is 8.35. The number of benzene rings is 3. The summed E-state index contributed by atoms with van der Waals surface area (Å²) in [6, 6.07) is 25.5. The van der Waals surface area contributed by atoms with Gasteiger partial charge in [0.05, 0.1) is 12.3 Å². The molecular weight excluding hydrogens is 455 g/mol. The van der Waals surface area contributed by atoms with Crippen molar-refractivity contribution in [2.24, 2.45) is 16.5 Å². The molecule has 0 heterocycles. The summed E-state index contributed by atoms with van der Waals surface area (Å²) in [5, 5.41) is 2.87. The number of hydrogen-bond donors (Lipinski definition) is 3. The lowest BCUT2D eigenvalue weighted by atomic mass is 10.2. The number of hydrogen-bond acceptors (Lipinski definition) is 6. The molecule has 1 unspecified atom stereocenters. The molecule has 5 N–H and O–H groups in total. The van der Waals surface area contributed by atoms with Crippen molar-refractivity contribution >= 4 is 26.1 Å². The van der Waals surface area contributed by atoms with Crippen molar-refractivity contribution in [1.82, 2.24) is 5.32 Å². The summed E-state index contributed by atoms with van der Waals surface area (Å²) < 4.78 is 22.7. The van der Waals surface area contributed by atoms with Gasteiger partial charge in [-0.25, -0.2) is 9.79 Å². The zero-order valence-electron chi connectivity index (χ0n) is 18.7. The molecule has 1 amide bonds. The molecule has 9 nitrogen and oxygen atoms in total. The van der Waals surface area contributed by atoms with E-state index in [4.69, 9.17) is 30.0 Å². The van der Waals surface area contributed by atoms with Gasteiger partial charge in [0.15, 0.2) is 11.7 Å². The smallest absolute Gasteiger partial charge is 0.408 e. The third-order valence-electron chi connectivity index (χ3n) is 4.33. The number of ether oxygens (including phenoxy) is 2. The van der Waals surface area contributed by atoms with E-state index in [0.29, 0.717) is 17.2 Å². The summed E-state index contributed by atoms with van der Waals surface area (Å²) in [6.45, 7) is 0.386. The average molecular weight is 482 g/mol. The average Bonchev–Trinajstić information content (AvgIpc) is 2.84. The number of nitrogens with two attached hydrogens (primary N) is 2. The molecule has 10 heteroatoms. The maximum atomic E-state index is 12.6. The molecule has 0 aliphatic carbocycles. The van der Waals surface area contributed by atoms with Crippen LogP contribution in [0.25, 0.3) is 0 Å². The molecule has 0 fully saturated rings. The van der Waals surface area contributed by atoms with E-state index in [-0.39, 0.29) is 19.2 Å². The molecule has 0 aromatic heterocycles. The number of carbonyl (C=O) groups excluding carboxylic acids is 1. The predicted octanol–water partition coefficient (Wildman–Crippen LogP) is 4.43. The van der Waals surface area contributed by atoms with Gasteiger partial charge in [-0.3, -0.25) is 0 Å². The Bertz CT molecular complexity index is 1010. The first-order valence-electron chi connectivity index (χ1n) is 10.4. The highest BCUT2D eigenvalue weighted by Crippen LogP contribution is 2.51. The Morgan fingerprint density at radius 2 is 1.44 bits per heavy atom. The molecule has 0 saturated heterocycles. The van der Waals surface area contributed by atoms with Crippen molar-refractivity contribution in [1.29, 1.82) is 0 Å². The van der Waals surface area contributed by atoms with E-state index < -0.39 is 20.3 Å². The summed E-state index contributed by atoms with van der Waals surface area (Å²) >= 11 is 0. The number of rotatable bonds is 11. The fourth-order valence-electron chi connectivity index (χ4n) is 2.80. The van der Waals surface area contributed by atoms with E-state index >= 15 is 0 Å². The fourth-order valence-corrected chi connectivity index (χ4v) is 4.34. The number of nitrogens with zero attached hydrogens (tertiary/aromatic N) is 1. The van der Waals surface area contributed by atoms with E-state index in [1.54, 1.807) is 24.3 Å². The Labute approximate surface area is 199 Å². The van der Waals surface area contributed by atoms with Gasteiger partial charge in [0.25, 0.3) is 0 Å². The number of amides is 1. The fraction of sp³-hybridized carbons (Fsp3) is 0.167. The van der Waals surface area contributed by atoms with Crippen molar-refractivity contribution in [3.8, 4) is 11.5 Å². The van der Waals surface area contributed by atoms with Gasteiger partial charge in [-0.2, -0.15) is 0 Å². The van der Waals surface area contributed by atoms with Gasteiger partial charge in [-0.05, 0) is 42.0 Å². The van der Waals surface area contributed by atoms with E-state index in [1.807, 2.05) is 60.7 Å². The molecule has 0 spiro atoms. The van der Waals surface area contributed by atoms with Gasteiger partial charge in [0.1, 0.15) is 18.1 Å². The molecule has 1 atom stereocenters. The maximum absolute atomic E-state index is 12.6. The largest absolute Gasteiger partial charge is 0.447 e. The third kappa shape index (κ3) is 7.95. The van der Waals surface area contributed by atoms with Crippen molar-refractivity contribution in [3.63, 3.8) is 0 Å². The van der Waals surface area contributed by atoms with Crippen molar-refractivity contribution in [3.05, 3.63) is 90.5 Å². The standard InChI is InChI=1S/C24H27N4O5P/c1-30-16-17-31-24(29)28-22(18-12-14-19(15-13-18)27-23(25)26)34(32-20-8-4-2-5-9-20)33-21-10-6-3-7-11-21/h2-15,22H,16-17H2,1H3,(H,28,29)(H4,25,26,27). The van der Waals surface area contributed by atoms with Gasteiger partial charge in [-0.15, -0.1) is 0 Å². The van der Waals surface area contributed by atoms with E-state index in [2.05, 4.69) is 10.3 Å². The van der Waals surface area contributed by atoms with Crippen LogP contribution in [0.1, 0.15) is 11.3 Å². The zero-order valence-corrected chi connectivity index (χ0v) is 19.6. The van der Waals surface area contributed by atoms with Gasteiger partial charge in [0, 0.05) is 7.11 Å². The van der Waals surface area contributed by atoms with E-state index in [0.717, 1.165) is 5.56 Å². The van der Waals surface area contributed by atoms with Crippen LogP contribution in [-0.4, -0.2) is 32.4 Å². The molecule has 0 saturated carbocycles. The molecule has 0 bridgehead atoms. The Kier molecular flexibility index (Phi) is 9.52. The monoisotopic (exact) mass is 482 g/mol. The molecule has 3 rings (SSSR count). The van der Waals surface area contributed by atoms with Gasteiger partial charge in [0.2, 0.25) is 0 Å². The minimum atomic E-state index is -1.76. The van der Waals surface area contributed by atoms with Crippen LogP contribution in [0.4, 0.5) is 10.5 Å². The minimum Gasteiger partial charge on any atom is -0.447 e. The van der Waals surface area contributed by atoms with Crippen LogP contribution in [0, 0.1) is 0 Å². The number of methoxy groups -OCH3 is 1. The van der Waals surface area contributed by atoms with Crippen molar-refractivity contribution in [2.75, 3.05) is 20.3 Å². The first-order chi connectivity index (χ1) is 16.5. The third-order valence-corrected chi connectivity index (χ3v) is 5.96. The van der Waals surface area contributed by atoms with Crippen LogP contribution in [0.2, 0.25) is 0 Å². The lowest BCUT2D eigenvalue weighted by molar-refractivity contribution is 0.0977. The lowest BCUT2D eigenvalue weighted by Crippen LogP contribution is -2.30. The van der Waals surface area contributed by atoms with Crippen LogP contribution in [0.3, 0.4) is 0 Å². The SMILES string of the molecule is COCCOC(=O)NC(c1ccc(N=C(N)N)cc1)P(Oc1ccccc1)Oc1ccccc1. The highest BCUT2D eigenvalue weighted by Gasteiger charge is 2.32. The Morgan fingerprint density at radius 3 is 1.94 bits per heavy atom. The summed E-state index contributed by atoms with van der Waals surface area (Å²) in [5.41, 5.74) is 12.2. The normalized spacial score (nSPS) is 11.4. The quantitative estimate of drug-likeness (QED) is 0.159. The maximum Gasteiger partial charge on any atom is 0.408 e. The van der Waals surface area contributed by atoms with E-state index in [9.17, 15) is 4.79 Å². The predicted molar refractivity (Wildman–Crippen MR) is 132 cm³/mol. The Hall–Kier alpha value is -3.81. The lowest BCUT2D eigenvalue weighted by Gasteiger charge is -2.27. The first-order valence-corrected chi connectivity index (χ1v) is 11.7. The number of carbonyl (C=O) groups is 1. The van der Waals surface area contributed by atoms with Gasteiger partial charge in [-0.1, -0.05) is 48.5 Å². The molecule has 0 radical (unpaired) electrons. The van der Waals surface area contributed by atoms with Crippen LogP contribution in [-0.2, 0) is 9.47 Å². The number of nitrogens with one attached hydrogen (secondary N) is 1. The summed E-state index contributed by atoms with van der Waals surface area (Å²) in [6.07, 6.45) is -0.629. The second kappa shape index (κ2) is 13.0. The number of guanidine groups is 1. The van der Waals surface area contributed by atoms with Crippen LogP contribution in [0.15, 0.2) is 89.9 Å². The highest BCUT2D eigenvalue weighted by molar-refractivity contribution is 7.48. The van der Waals surface area contributed by atoms with Crippen molar-refractivity contribution < 1.29 is 23.3 Å². The molecule has 3 aromatic rings. The number of alkyl carbamates (subject to hydrolysis) is 1. The second-order valence-electron chi connectivity index (χ2n) is 6.90. The summed E-state index contributed by atoms with van der Waals surface area (Å²) in [7, 11) is -0.228. The summed E-state index contributed by atoms with van der Waals surface area (Å²) in [5.74, 6) is 0.465. The highest BCUT2D eigenvalue weighted by atomic mass is 31.2. The Morgan fingerprint density at radius 1 is 0.882 bits per heavy atom. The molecule has 34 heavy (non-hydrogen) atoms. The number of aliphatic imine (C=N–C) groups is 1. The first kappa shape index (κ1) is 24.8. The molecule has 3 aromatic carbocycles. The minimum absolute atomic E-state index is 0.0498. The van der Waals surface area contributed by atoms with Gasteiger partial charge < -0.3 is 35.3 Å². The van der Waals surface area contributed by atoms with Crippen LogP contribution < -0.4 is 25.8 Å². The molecule has 0 aliphatic rings. The van der Waals surface area contributed by atoms with E-state index in [1.165, 1.54) is 7.11 Å². The topological polar surface area (TPSA) is 130 Å². The zero-order chi connectivity index (χ0) is 24.2. The Balaban J connectivity index is 1.93. The van der Waals surface area contributed by atoms with Gasteiger partial charge >= 0.3 is 14.5 Å². The molecule has 0 aliphatic heterocycles.